The van der Waals surface area contributed by atoms with Gasteiger partial charge in [0.05, 0.1) is 5.69 Å². The smallest absolute Gasteiger partial charge is 0.260 e. The summed E-state index contributed by atoms with van der Waals surface area (Å²) >= 11 is 4.96. The summed E-state index contributed by atoms with van der Waals surface area (Å²) in [7, 11) is 0. The molecule has 0 aliphatic heterocycles. The van der Waals surface area contributed by atoms with E-state index in [-0.39, 0.29) is 5.91 Å². The first-order valence-corrected chi connectivity index (χ1v) is 9.86. The van der Waals surface area contributed by atoms with Crippen molar-refractivity contribution in [3.63, 3.8) is 0 Å². The summed E-state index contributed by atoms with van der Waals surface area (Å²) in [5, 5.41) is 2.75. The van der Waals surface area contributed by atoms with E-state index in [1.165, 1.54) is 11.3 Å². The van der Waals surface area contributed by atoms with Crippen molar-refractivity contribution < 1.29 is 4.79 Å². The van der Waals surface area contributed by atoms with Crippen molar-refractivity contribution in [2.24, 2.45) is 0 Å². The lowest BCUT2D eigenvalue weighted by Crippen LogP contribution is -2.32. The second-order valence-corrected chi connectivity index (χ2v) is 7.55. The molecule has 0 fully saturated rings. The zero-order valence-corrected chi connectivity index (χ0v) is 16.6. The Balaban J connectivity index is 1.92. The molecular weight excluding hydrogens is 396 g/mol. The SMILES string of the molecule is CCCN(C(=O)c1ccccc1C)c1nc(-c2ccc(Br)cc2)cs1. The number of halogens is 1. The molecule has 0 spiro atoms. The number of nitrogens with zero attached hydrogens (tertiary/aromatic N) is 2. The lowest BCUT2D eigenvalue weighted by molar-refractivity contribution is 0.0986. The van der Waals surface area contributed by atoms with Crippen molar-refractivity contribution in [1.82, 2.24) is 4.98 Å². The van der Waals surface area contributed by atoms with E-state index < -0.39 is 0 Å². The third-order valence-corrected chi connectivity index (χ3v) is 5.32. The van der Waals surface area contributed by atoms with Gasteiger partial charge in [-0.05, 0) is 37.1 Å². The number of aryl methyl sites for hydroxylation is 1. The number of anilines is 1. The van der Waals surface area contributed by atoms with Gasteiger partial charge < -0.3 is 0 Å². The van der Waals surface area contributed by atoms with E-state index in [1.54, 1.807) is 4.90 Å². The Kier molecular flexibility index (Phi) is 5.66. The maximum Gasteiger partial charge on any atom is 0.260 e. The first kappa shape index (κ1) is 17.8. The molecule has 0 N–H and O–H groups in total. The van der Waals surface area contributed by atoms with E-state index in [0.717, 1.165) is 38.4 Å². The summed E-state index contributed by atoms with van der Waals surface area (Å²) in [5.74, 6) is 0.0108. The Morgan fingerprint density at radius 2 is 1.88 bits per heavy atom. The van der Waals surface area contributed by atoms with Crippen LogP contribution in [0.15, 0.2) is 58.4 Å². The van der Waals surface area contributed by atoms with Gasteiger partial charge in [0.15, 0.2) is 5.13 Å². The molecule has 0 atom stereocenters. The van der Waals surface area contributed by atoms with Crippen LogP contribution in [0.4, 0.5) is 5.13 Å². The molecule has 3 nitrogen and oxygen atoms in total. The fraction of sp³-hybridized carbons (Fsp3) is 0.200. The van der Waals surface area contributed by atoms with Gasteiger partial charge in [0.1, 0.15) is 0 Å². The molecule has 5 heteroatoms. The Labute approximate surface area is 160 Å². The normalized spacial score (nSPS) is 10.7. The molecule has 1 heterocycles. The minimum atomic E-state index is 0.0108. The number of hydrogen-bond acceptors (Lipinski definition) is 3. The van der Waals surface area contributed by atoms with Crippen LogP contribution in [0.1, 0.15) is 29.3 Å². The lowest BCUT2D eigenvalue weighted by atomic mass is 10.1. The zero-order chi connectivity index (χ0) is 17.8. The van der Waals surface area contributed by atoms with Crippen LogP contribution in [0.5, 0.6) is 0 Å². The number of benzene rings is 2. The zero-order valence-electron chi connectivity index (χ0n) is 14.2. The predicted molar refractivity (Wildman–Crippen MR) is 108 cm³/mol. The Morgan fingerprint density at radius 3 is 2.56 bits per heavy atom. The van der Waals surface area contributed by atoms with Gasteiger partial charge in [0.25, 0.3) is 5.91 Å². The van der Waals surface area contributed by atoms with E-state index >= 15 is 0 Å². The van der Waals surface area contributed by atoms with Gasteiger partial charge in [0.2, 0.25) is 0 Å². The maximum absolute atomic E-state index is 13.0. The molecule has 0 saturated carbocycles. The van der Waals surface area contributed by atoms with Gasteiger partial charge >= 0.3 is 0 Å². The molecule has 0 radical (unpaired) electrons. The number of rotatable bonds is 5. The number of carbonyl (C=O) groups excluding carboxylic acids is 1. The molecule has 25 heavy (non-hydrogen) atoms. The molecule has 1 amide bonds. The fourth-order valence-electron chi connectivity index (χ4n) is 2.61. The largest absolute Gasteiger partial charge is 0.284 e. The topological polar surface area (TPSA) is 33.2 Å². The molecule has 0 aliphatic rings. The standard InChI is InChI=1S/C20H19BrN2OS/c1-3-12-23(19(24)17-7-5-4-6-14(17)2)20-22-18(13-25-20)15-8-10-16(21)11-9-15/h4-11,13H,3,12H2,1-2H3. The van der Waals surface area contributed by atoms with E-state index in [4.69, 9.17) is 4.98 Å². The Morgan fingerprint density at radius 1 is 1.16 bits per heavy atom. The molecule has 128 valence electrons. The molecule has 0 saturated heterocycles. The minimum Gasteiger partial charge on any atom is -0.284 e. The Hall–Kier alpha value is -1.98. The van der Waals surface area contributed by atoms with E-state index in [1.807, 2.05) is 60.8 Å². The number of hydrogen-bond donors (Lipinski definition) is 0. The van der Waals surface area contributed by atoms with Crippen molar-refractivity contribution in [3.8, 4) is 11.3 Å². The second kappa shape index (κ2) is 7.93. The molecular formula is C20H19BrN2OS. The van der Waals surface area contributed by atoms with Gasteiger partial charge in [-0.15, -0.1) is 11.3 Å². The molecule has 2 aromatic carbocycles. The summed E-state index contributed by atoms with van der Waals surface area (Å²) in [5.41, 5.74) is 3.66. The van der Waals surface area contributed by atoms with Crippen molar-refractivity contribution in [3.05, 3.63) is 69.5 Å². The van der Waals surface area contributed by atoms with Crippen molar-refractivity contribution >= 4 is 38.3 Å². The molecule has 3 aromatic rings. The first-order valence-electron chi connectivity index (χ1n) is 8.19. The van der Waals surface area contributed by atoms with Crippen LogP contribution in [0.25, 0.3) is 11.3 Å². The minimum absolute atomic E-state index is 0.0108. The second-order valence-electron chi connectivity index (χ2n) is 5.79. The first-order chi connectivity index (χ1) is 12.1. The van der Waals surface area contributed by atoms with Gasteiger partial charge in [-0.1, -0.05) is 53.2 Å². The fourth-order valence-corrected chi connectivity index (χ4v) is 3.73. The van der Waals surface area contributed by atoms with Crippen molar-refractivity contribution in [2.75, 3.05) is 11.4 Å². The predicted octanol–water partition coefficient (Wildman–Crippen LogP) is 5.94. The lowest BCUT2D eigenvalue weighted by Gasteiger charge is -2.20. The third kappa shape index (κ3) is 3.99. The van der Waals surface area contributed by atoms with Crippen LogP contribution < -0.4 is 4.90 Å². The van der Waals surface area contributed by atoms with Crippen LogP contribution in [-0.4, -0.2) is 17.4 Å². The van der Waals surface area contributed by atoms with Crippen LogP contribution in [0, 0.1) is 6.92 Å². The van der Waals surface area contributed by atoms with Crippen molar-refractivity contribution in [1.29, 1.82) is 0 Å². The highest BCUT2D eigenvalue weighted by Gasteiger charge is 2.21. The number of carbonyl (C=O) groups is 1. The molecule has 3 rings (SSSR count). The van der Waals surface area contributed by atoms with E-state index in [9.17, 15) is 4.79 Å². The number of thiazole rings is 1. The van der Waals surface area contributed by atoms with Gasteiger partial charge in [-0.25, -0.2) is 4.98 Å². The number of aromatic nitrogens is 1. The van der Waals surface area contributed by atoms with E-state index in [0.29, 0.717) is 6.54 Å². The van der Waals surface area contributed by atoms with Crippen LogP contribution >= 0.6 is 27.3 Å². The molecule has 0 unspecified atom stereocenters. The van der Waals surface area contributed by atoms with Gasteiger partial charge in [0, 0.05) is 27.5 Å². The number of amides is 1. The summed E-state index contributed by atoms with van der Waals surface area (Å²) in [6, 6.07) is 15.7. The third-order valence-electron chi connectivity index (χ3n) is 3.93. The highest BCUT2D eigenvalue weighted by Crippen LogP contribution is 2.29. The highest BCUT2D eigenvalue weighted by molar-refractivity contribution is 9.10. The van der Waals surface area contributed by atoms with Crippen LogP contribution in [-0.2, 0) is 0 Å². The summed E-state index contributed by atoms with van der Waals surface area (Å²) in [6.45, 7) is 4.69. The molecule has 1 aromatic heterocycles. The Bertz CT molecular complexity index is 873. The quantitative estimate of drug-likeness (QED) is 0.517. The van der Waals surface area contributed by atoms with Gasteiger partial charge in [-0.2, -0.15) is 0 Å². The summed E-state index contributed by atoms with van der Waals surface area (Å²) in [4.78, 5) is 19.5. The monoisotopic (exact) mass is 414 g/mol. The van der Waals surface area contributed by atoms with Crippen molar-refractivity contribution in [2.45, 2.75) is 20.3 Å². The van der Waals surface area contributed by atoms with Crippen LogP contribution in [0.2, 0.25) is 0 Å². The molecule has 0 bridgehead atoms. The molecule has 0 aliphatic carbocycles. The maximum atomic E-state index is 13.0. The van der Waals surface area contributed by atoms with Gasteiger partial charge in [-0.3, -0.25) is 9.69 Å². The highest BCUT2D eigenvalue weighted by atomic mass is 79.9. The van der Waals surface area contributed by atoms with Crippen LogP contribution in [0.3, 0.4) is 0 Å². The van der Waals surface area contributed by atoms with E-state index in [2.05, 4.69) is 22.9 Å². The average Bonchev–Trinajstić information content (AvgIpc) is 3.10. The summed E-state index contributed by atoms with van der Waals surface area (Å²) < 4.78 is 1.04. The average molecular weight is 415 g/mol. The summed E-state index contributed by atoms with van der Waals surface area (Å²) in [6.07, 6.45) is 0.880.